The number of nitrogen functional groups attached to an aromatic ring is 1. The lowest BCUT2D eigenvalue weighted by Crippen LogP contribution is -2.16. The lowest BCUT2D eigenvalue weighted by molar-refractivity contribution is -0.118. The standard InChI is InChI=1S/C10H18N6O/c1-6-9(13-5-3-4-8(11)17)14-7(2)15-10(6)16-12/h3-5,12H2,1-2H3,(H2,11,17)(H2,13,14,15,16). The van der Waals surface area contributed by atoms with E-state index >= 15 is 0 Å². The van der Waals surface area contributed by atoms with Crippen molar-refractivity contribution in [2.45, 2.75) is 26.7 Å². The normalized spacial score (nSPS) is 10.1. The van der Waals surface area contributed by atoms with Crippen LogP contribution in [0.5, 0.6) is 0 Å². The zero-order valence-corrected chi connectivity index (χ0v) is 10.1. The second kappa shape index (κ2) is 6.00. The van der Waals surface area contributed by atoms with E-state index in [4.69, 9.17) is 11.6 Å². The van der Waals surface area contributed by atoms with E-state index in [2.05, 4.69) is 20.7 Å². The molecule has 0 fully saturated rings. The predicted molar refractivity (Wildman–Crippen MR) is 66.2 cm³/mol. The Hall–Kier alpha value is -1.89. The number of aryl methyl sites for hydroxylation is 1. The molecule has 0 aromatic carbocycles. The number of anilines is 2. The molecule has 0 aliphatic heterocycles. The largest absolute Gasteiger partial charge is 0.370 e. The molecule has 1 aromatic heterocycles. The summed E-state index contributed by atoms with van der Waals surface area (Å²) in [5, 5.41) is 3.13. The Morgan fingerprint density at radius 2 is 1.94 bits per heavy atom. The number of nitrogens with one attached hydrogen (secondary N) is 2. The summed E-state index contributed by atoms with van der Waals surface area (Å²) in [4.78, 5) is 19.0. The summed E-state index contributed by atoms with van der Waals surface area (Å²) < 4.78 is 0. The lowest BCUT2D eigenvalue weighted by atomic mass is 10.2. The Kier molecular flexibility index (Phi) is 4.65. The third-order valence-corrected chi connectivity index (χ3v) is 2.29. The minimum atomic E-state index is -0.299. The van der Waals surface area contributed by atoms with Gasteiger partial charge in [0.15, 0.2) is 0 Å². The second-order valence-corrected chi connectivity index (χ2v) is 3.73. The van der Waals surface area contributed by atoms with E-state index in [1.807, 2.05) is 6.92 Å². The first-order valence-electron chi connectivity index (χ1n) is 5.38. The molecule has 0 aliphatic rings. The van der Waals surface area contributed by atoms with Gasteiger partial charge in [-0.25, -0.2) is 15.8 Å². The number of amides is 1. The first kappa shape index (κ1) is 13.2. The maximum Gasteiger partial charge on any atom is 0.217 e. The number of hydrogen-bond acceptors (Lipinski definition) is 6. The maximum atomic E-state index is 10.6. The second-order valence-electron chi connectivity index (χ2n) is 3.73. The topological polar surface area (TPSA) is 119 Å². The first-order chi connectivity index (χ1) is 8.04. The molecule has 0 radical (unpaired) electrons. The highest BCUT2D eigenvalue weighted by Crippen LogP contribution is 2.18. The van der Waals surface area contributed by atoms with E-state index in [1.54, 1.807) is 6.92 Å². The van der Waals surface area contributed by atoms with Gasteiger partial charge in [0.2, 0.25) is 5.91 Å². The van der Waals surface area contributed by atoms with Crippen LogP contribution in [0.3, 0.4) is 0 Å². The van der Waals surface area contributed by atoms with Gasteiger partial charge in [-0.3, -0.25) is 4.79 Å². The van der Waals surface area contributed by atoms with Crippen molar-refractivity contribution in [3.05, 3.63) is 11.4 Å². The molecule has 7 heteroatoms. The third kappa shape index (κ3) is 3.87. The SMILES string of the molecule is Cc1nc(NN)c(C)c(NCCCC(N)=O)n1. The van der Waals surface area contributed by atoms with Crippen LogP contribution < -0.4 is 22.3 Å². The zero-order valence-electron chi connectivity index (χ0n) is 10.1. The Morgan fingerprint density at radius 3 is 2.53 bits per heavy atom. The van der Waals surface area contributed by atoms with Gasteiger partial charge in [-0.1, -0.05) is 0 Å². The monoisotopic (exact) mass is 238 g/mol. The smallest absolute Gasteiger partial charge is 0.217 e. The number of hydrazine groups is 1. The lowest BCUT2D eigenvalue weighted by Gasteiger charge is -2.12. The minimum absolute atomic E-state index is 0.299. The molecule has 0 saturated carbocycles. The van der Waals surface area contributed by atoms with E-state index < -0.39 is 0 Å². The summed E-state index contributed by atoms with van der Waals surface area (Å²) in [6.45, 7) is 4.28. The molecule has 7 nitrogen and oxygen atoms in total. The van der Waals surface area contributed by atoms with E-state index in [-0.39, 0.29) is 5.91 Å². The third-order valence-electron chi connectivity index (χ3n) is 2.29. The predicted octanol–water partition coefficient (Wildman–Crippen LogP) is 0.0564. The fraction of sp³-hybridized carbons (Fsp3) is 0.500. The molecule has 1 amide bonds. The van der Waals surface area contributed by atoms with Crippen molar-refractivity contribution in [3.8, 4) is 0 Å². The van der Waals surface area contributed by atoms with Crippen molar-refractivity contribution in [1.29, 1.82) is 0 Å². The molecule has 17 heavy (non-hydrogen) atoms. The molecule has 0 saturated heterocycles. The maximum absolute atomic E-state index is 10.6. The van der Waals surface area contributed by atoms with Crippen molar-refractivity contribution < 1.29 is 4.79 Å². The van der Waals surface area contributed by atoms with E-state index in [0.29, 0.717) is 31.0 Å². The van der Waals surface area contributed by atoms with Crippen LogP contribution in [0, 0.1) is 13.8 Å². The Bertz CT molecular complexity index is 406. The van der Waals surface area contributed by atoms with Crippen molar-refractivity contribution in [3.63, 3.8) is 0 Å². The van der Waals surface area contributed by atoms with Crippen LogP contribution in [-0.2, 0) is 4.79 Å². The highest BCUT2D eigenvalue weighted by Gasteiger charge is 2.07. The van der Waals surface area contributed by atoms with Crippen molar-refractivity contribution in [2.75, 3.05) is 17.3 Å². The molecular formula is C10H18N6O. The van der Waals surface area contributed by atoms with Crippen molar-refractivity contribution >= 4 is 17.5 Å². The number of nitrogens with zero attached hydrogens (tertiary/aromatic N) is 2. The van der Waals surface area contributed by atoms with Crippen LogP contribution in [-0.4, -0.2) is 22.4 Å². The van der Waals surface area contributed by atoms with Gasteiger partial charge < -0.3 is 16.5 Å². The van der Waals surface area contributed by atoms with E-state index in [9.17, 15) is 4.79 Å². The highest BCUT2D eigenvalue weighted by atomic mass is 16.1. The van der Waals surface area contributed by atoms with Gasteiger partial charge in [-0.2, -0.15) is 0 Å². The number of carbonyl (C=O) groups is 1. The number of nitrogens with two attached hydrogens (primary N) is 2. The van der Waals surface area contributed by atoms with Crippen LogP contribution >= 0.6 is 0 Å². The highest BCUT2D eigenvalue weighted by molar-refractivity contribution is 5.73. The van der Waals surface area contributed by atoms with Crippen LogP contribution in [0.4, 0.5) is 11.6 Å². The Balaban J connectivity index is 2.64. The van der Waals surface area contributed by atoms with E-state index in [1.165, 1.54) is 0 Å². The summed E-state index contributed by atoms with van der Waals surface area (Å²) in [6.07, 6.45) is 1.03. The number of aromatic nitrogens is 2. The average molecular weight is 238 g/mol. The number of carbonyl (C=O) groups excluding carboxylic acids is 1. The average Bonchev–Trinajstić information content (AvgIpc) is 2.28. The first-order valence-corrected chi connectivity index (χ1v) is 5.38. The fourth-order valence-electron chi connectivity index (χ4n) is 1.41. The molecule has 6 N–H and O–H groups in total. The number of primary amides is 1. The molecule has 94 valence electrons. The van der Waals surface area contributed by atoms with Gasteiger partial charge in [-0.05, 0) is 20.3 Å². The molecule has 0 atom stereocenters. The summed E-state index contributed by atoms with van der Waals surface area (Å²) in [5.74, 6) is 6.99. The zero-order chi connectivity index (χ0) is 12.8. The molecule has 0 spiro atoms. The number of hydrogen-bond donors (Lipinski definition) is 4. The van der Waals surface area contributed by atoms with Gasteiger partial charge >= 0.3 is 0 Å². The quantitative estimate of drug-likeness (QED) is 0.316. The summed E-state index contributed by atoms with van der Waals surface area (Å²) in [7, 11) is 0. The molecule has 0 unspecified atom stereocenters. The Labute approximate surface area is 100.0 Å². The van der Waals surface area contributed by atoms with Gasteiger partial charge in [0.05, 0.1) is 0 Å². The van der Waals surface area contributed by atoms with Crippen LogP contribution in [0.15, 0.2) is 0 Å². The molecular weight excluding hydrogens is 220 g/mol. The minimum Gasteiger partial charge on any atom is -0.370 e. The van der Waals surface area contributed by atoms with Gasteiger partial charge in [0.1, 0.15) is 17.5 Å². The Morgan fingerprint density at radius 1 is 1.29 bits per heavy atom. The van der Waals surface area contributed by atoms with Gasteiger partial charge in [-0.15, -0.1) is 0 Å². The van der Waals surface area contributed by atoms with Crippen molar-refractivity contribution in [1.82, 2.24) is 9.97 Å². The van der Waals surface area contributed by atoms with E-state index in [0.717, 1.165) is 11.4 Å². The van der Waals surface area contributed by atoms with Crippen LogP contribution in [0.25, 0.3) is 0 Å². The fourth-order valence-corrected chi connectivity index (χ4v) is 1.41. The van der Waals surface area contributed by atoms with Crippen LogP contribution in [0.1, 0.15) is 24.2 Å². The van der Waals surface area contributed by atoms with Crippen LogP contribution in [0.2, 0.25) is 0 Å². The summed E-state index contributed by atoms with van der Waals surface area (Å²) in [5.41, 5.74) is 8.42. The molecule has 1 aromatic rings. The molecule has 1 rings (SSSR count). The van der Waals surface area contributed by atoms with Crippen molar-refractivity contribution in [2.24, 2.45) is 11.6 Å². The summed E-state index contributed by atoms with van der Waals surface area (Å²) >= 11 is 0. The summed E-state index contributed by atoms with van der Waals surface area (Å²) in [6, 6.07) is 0. The molecule has 1 heterocycles. The molecule has 0 aliphatic carbocycles. The van der Waals surface area contributed by atoms with Gasteiger partial charge in [0.25, 0.3) is 0 Å². The number of rotatable bonds is 6. The van der Waals surface area contributed by atoms with Gasteiger partial charge in [0, 0.05) is 18.5 Å². The molecule has 0 bridgehead atoms.